The maximum absolute atomic E-state index is 5.79. The third kappa shape index (κ3) is 4.14. The predicted molar refractivity (Wildman–Crippen MR) is 94.9 cm³/mol. The van der Waals surface area contributed by atoms with E-state index in [4.69, 9.17) is 5.73 Å². The molecule has 24 heavy (non-hydrogen) atoms. The summed E-state index contributed by atoms with van der Waals surface area (Å²) in [5.74, 6) is 3.15. The number of rotatable bonds is 6. The van der Waals surface area contributed by atoms with Crippen molar-refractivity contribution in [2.45, 2.75) is 49.4 Å². The minimum absolute atomic E-state index is 0.0101. The van der Waals surface area contributed by atoms with Crippen LogP contribution in [0.4, 0.5) is 11.9 Å². The number of aromatic amines is 1. The molecule has 1 aliphatic rings. The van der Waals surface area contributed by atoms with E-state index in [1.165, 1.54) is 37.4 Å². The Morgan fingerprint density at radius 3 is 2.67 bits per heavy atom. The average Bonchev–Trinajstić information content (AvgIpc) is 3.19. The first kappa shape index (κ1) is 16.9. The lowest BCUT2D eigenvalue weighted by molar-refractivity contribution is 0.531. The monoisotopic (exact) mass is 348 g/mol. The number of nitrogens with two attached hydrogens (primary N) is 1. The second-order valence-electron chi connectivity index (χ2n) is 6.43. The molecule has 8 nitrogen and oxygen atoms in total. The van der Waals surface area contributed by atoms with Crippen molar-refractivity contribution in [3.8, 4) is 0 Å². The first-order valence-electron chi connectivity index (χ1n) is 8.28. The molecule has 0 spiro atoms. The van der Waals surface area contributed by atoms with Crippen LogP contribution in [-0.2, 0) is 6.42 Å². The molecule has 0 aliphatic heterocycles. The lowest BCUT2D eigenvalue weighted by Gasteiger charge is -2.13. The van der Waals surface area contributed by atoms with Crippen LogP contribution in [0.25, 0.3) is 0 Å². The molecule has 3 N–H and O–H groups in total. The van der Waals surface area contributed by atoms with Gasteiger partial charge in [-0.15, -0.1) is 5.10 Å². The van der Waals surface area contributed by atoms with Gasteiger partial charge in [-0.2, -0.15) is 15.0 Å². The van der Waals surface area contributed by atoms with E-state index in [0.717, 1.165) is 23.3 Å². The Bertz CT molecular complexity index is 680. The van der Waals surface area contributed by atoms with Gasteiger partial charge in [0.05, 0.1) is 5.25 Å². The largest absolute Gasteiger partial charge is 0.368 e. The number of hydrogen-bond donors (Lipinski definition) is 2. The van der Waals surface area contributed by atoms with Crippen LogP contribution in [0.3, 0.4) is 0 Å². The van der Waals surface area contributed by atoms with E-state index in [1.807, 2.05) is 25.9 Å². The predicted octanol–water partition coefficient (Wildman–Crippen LogP) is 2.22. The molecule has 0 saturated heterocycles. The second kappa shape index (κ2) is 7.33. The molecule has 0 bridgehead atoms. The lowest BCUT2D eigenvalue weighted by atomic mass is 10.0. The summed E-state index contributed by atoms with van der Waals surface area (Å²) >= 11 is 1.52. The van der Waals surface area contributed by atoms with Gasteiger partial charge in [-0.1, -0.05) is 37.4 Å². The molecular formula is C15H24N8S. The maximum Gasteiger partial charge on any atom is 0.229 e. The summed E-state index contributed by atoms with van der Waals surface area (Å²) in [6.45, 7) is 2.02. The van der Waals surface area contributed by atoms with Gasteiger partial charge in [0.1, 0.15) is 11.6 Å². The smallest absolute Gasteiger partial charge is 0.229 e. The number of H-pyrrole nitrogens is 1. The highest BCUT2D eigenvalue weighted by Gasteiger charge is 2.19. The number of aromatic nitrogens is 6. The minimum atomic E-state index is -0.0101. The van der Waals surface area contributed by atoms with Gasteiger partial charge in [-0.3, -0.25) is 5.10 Å². The van der Waals surface area contributed by atoms with Crippen LogP contribution in [0.2, 0.25) is 0 Å². The molecule has 1 fully saturated rings. The highest BCUT2D eigenvalue weighted by Crippen LogP contribution is 2.32. The van der Waals surface area contributed by atoms with Crippen molar-refractivity contribution >= 4 is 23.7 Å². The van der Waals surface area contributed by atoms with Crippen molar-refractivity contribution in [2.24, 2.45) is 5.92 Å². The highest BCUT2D eigenvalue weighted by molar-refractivity contribution is 7.99. The minimum Gasteiger partial charge on any atom is -0.368 e. The molecule has 1 saturated carbocycles. The Balaban J connectivity index is 1.66. The molecule has 0 radical (unpaired) electrons. The van der Waals surface area contributed by atoms with E-state index in [9.17, 15) is 0 Å². The SMILES string of the molecule is C[C@@H](Sc1n[nH]c(CC2CCCC2)n1)c1nc(N)nc(N(C)C)n1. The van der Waals surface area contributed by atoms with Gasteiger partial charge in [0.2, 0.25) is 17.1 Å². The Kier molecular flexibility index (Phi) is 5.17. The molecule has 2 heterocycles. The van der Waals surface area contributed by atoms with Crippen LogP contribution in [0.1, 0.15) is 49.5 Å². The van der Waals surface area contributed by atoms with E-state index in [-0.39, 0.29) is 11.2 Å². The lowest BCUT2D eigenvalue weighted by Crippen LogP contribution is -2.16. The fourth-order valence-corrected chi connectivity index (χ4v) is 3.69. The van der Waals surface area contributed by atoms with Crippen LogP contribution in [0.5, 0.6) is 0 Å². The van der Waals surface area contributed by atoms with Crippen LogP contribution in [-0.4, -0.2) is 44.2 Å². The summed E-state index contributed by atoms with van der Waals surface area (Å²) in [6.07, 6.45) is 6.28. The van der Waals surface area contributed by atoms with Gasteiger partial charge in [0, 0.05) is 20.5 Å². The fraction of sp³-hybridized carbons (Fsp3) is 0.667. The molecule has 9 heteroatoms. The molecular weight excluding hydrogens is 324 g/mol. The van der Waals surface area contributed by atoms with Gasteiger partial charge in [0.25, 0.3) is 0 Å². The Morgan fingerprint density at radius 2 is 1.96 bits per heavy atom. The van der Waals surface area contributed by atoms with Crippen molar-refractivity contribution < 1.29 is 0 Å². The average molecular weight is 348 g/mol. The van der Waals surface area contributed by atoms with Crippen molar-refractivity contribution in [3.63, 3.8) is 0 Å². The molecule has 0 amide bonds. The molecule has 2 aromatic heterocycles. The van der Waals surface area contributed by atoms with Crippen molar-refractivity contribution in [2.75, 3.05) is 24.7 Å². The third-order valence-corrected chi connectivity index (χ3v) is 5.13. The summed E-state index contributed by atoms with van der Waals surface area (Å²) < 4.78 is 0. The third-order valence-electron chi connectivity index (χ3n) is 4.17. The van der Waals surface area contributed by atoms with E-state index in [2.05, 4.69) is 30.1 Å². The number of nitrogens with one attached hydrogen (secondary N) is 1. The number of anilines is 2. The first-order valence-corrected chi connectivity index (χ1v) is 9.16. The summed E-state index contributed by atoms with van der Waals surface area (Å²) in [7, 11) is 3.75. The van der Waals surface area contributed by atoms with E-state index >= 15 is 0 Å². The Labute approximate surface area is 146 Å². The fourth-order valence-electron chi connectivity index (χ4n) is 2.90. The second-order valence-corrected chi connectivity index (χ2v) is 7.73. The number of hydrogen-bond acceptors (Lipinski definition) is 8. The number of nitrogens with zero attached hydrogens (tertiary/aromatic N) is 6. The van der Waals surface area contributed by atoms with Crippen molar-refractivity contribution in [1.82, 2.24) is 30.1 Å². The summed E-state index contributed by atoms with van der Waals surface area (Å²) in [5, 5.41) is 8.09. The first-order chi connectivity index (χ1) is 11.5. The summed E-state index contributed by atoms with van der Waals surface area (Å²) in [5.41, 5.74) is 5.79. The molecule has 1 aliphatic carbocycles. The molecule has 2 aromatic rings. The van der Waals surface area contributed by atoms with Gasteiger partial charge < -0.3 is 10.6 Å². The van der Waals surface area contributed by atoms with Crippen LogP contribution >= 0.6 is 11.8 Å². The van der Waals surface area contributed by atoms with Crippen LogP contribution in [0.15, 0.2) is 5.16 Å². The molecule has 0 unspecified atom stereocenters. The number of nitrogen functional groups attached to an aromatic ring is 1. The van der Waals surface area contributed by atoms with E-state index in [0.29, 0.717) is 11.8 Å². The summed E-state index contributed by atoms with van der Waals surface area (Å²) in [6, 6.07) is 0. The molecule has 1 atom stereocenters. The molecule has 130 valence electrons. The van der Waals surface area contributed by atoms with Gasteiger partial charge in [-0.05, 0) is 12.8 Å². The highest BCUT2D eigenvalue weighted by atomic mass is 32.2. The van der Waals surface area contributed by atoms with Gasteiger partial charge in [-0.25, -0.2) is 4.98 Å². The maximum atomic E-state index is 5.79. The summed E-state index contributed by atoms with van der Waals surface area (Å²) in [4.78, 5) is 19.2. The molecule has 3 rings (SSSR count). The standard InChI is InChI=1S/C15H24N8S/c1-9(12-18-13(16)20-14(19-12)23(2)3)24-15-17-11(21-22-15)8-10-6-4-5-7-10/h9-10H,4-8H2,1-3H3,(H,17,21,22)(H2,16,18,19,20)/t9-/m1/s1. The van der Waals surface area contributed by atoms with E-state index in [1.54, 1.807) is 0 Å². The zero-order valence-corrected chi connectivity index (χ0v) is 15.2. The zero-order valence-electron chi connectivity index (χ0n) is 14.4. The van der Waals surface area contributed by atoms with E-state index < -0.39 is 0 Å². The Hall–Kier alpha value is -1.90. The van der Waals surface area contributed by atoms with Gasteiger partial charge >= 0.3 is 0 Å². The zero-order chi connectivity index (χ0) is 17.1. The van der Waals surface area contributed by atoms with Crippen molar-refractivity contribution in [1.29, 1.82) is 0 Å². The normalized spacial score (nSPS) is 16.5. The quantitative estimate of drug-likeness (QED) is 0.765. The Morgan fingerprint density at radius 1 is 1.21 bits per heavy atom. The topological polar surface area (TPSA) is 110 Å². The number of thioether (sulfide) groups is 1. The van der Waals surface area contributed by atoms with Gasteiger partial charge in [0.15, 0.2) is 0 Å². The van der Waals surface area contributed by atoms with Crippen molar-refractivity contribution in [3.05, 3.63) is 11.6 Å². The molecule has 0 aromatic carbocycles. The van der Waals surface area contributed by atoms with Crippen LogP contribution in [0, 0.1) is 5.92 Å². The van der Waals surface area contributed by atoms with Crippen LogP contribution < -0.4 is 10.6 Å².